The number of carbonyl (C=O) groups excluding carboxylic acids is 2. The Morgan fingerprint density at radius 1 is 0.970 bits per heavy atom. The van der Waals surface area contributed by atoms with Crippen LogP contribution in [-0.4, -0.2) is 33.2 Å². The minimum Gasteiger partial charge on any atom is -0.452 e. The van der Waals surface area contributed by atoms with Crippen LogP contribution in [0.25, 0.3) is 0 Å². The van der Waals surface area contributed by atoms with Crippen molar-refractivity contribution in [3.8, 4) is 5.75 Å². The van der Waals surface area contributed by atoms with E-state index in [-0.39, 0.29) is 16.2 Å². The number of aryl methyl sites for hydroxylation is 2. The van der Waals surface area contributed by atoms with Gasteiger partial charge in [0.05, 0.1) is 0 Å². The van der Waals surface area contributed by atoms with Gasteiger partial charge in [0.25, 0.3) is 5.91 Å². The summed E-state index contributed by atoms with van der Waals surface area (Å²) in [5.41, 5.74) is 1.74. The van der Waals surface area contributed by atoms with Gasteiger partial charge in [0.1, 0.15) is 10.5 Å². The molecular formula is C24H23NO6S2. The second kappa shape index (κ2) is 10.5. The molecule has 0 aliphatic heterocycles. The molecule has 1 N–H and O–H groups in total. The van der Waals surface area contributed by atoms with E-state index in [0.29, 0.717) is 11.3 Å². The molecule has 33 heavy (non-hydrogen) atoms. The standard InChI is InChI=1S/C24H23NO6S2/c1-16-11-12-17(2)22(13-16)33(28,29)31-21-10-5-4-9-20(21)24(27)30-15-23(26)25-18-7-6-8-19(14-18)32-3/h4-14H,15H2,1-3H3,(H,25,26). The van der Waals surface area contributed by atoms with E-state index >= 15 is 0 Å². The fourth-order valence-electron chi connectivity index (χ4n) is 2.95. The van der Waals surface area contributed by atoms with Gasteiger partial charge in [0, 0.05) is 10.6 Å². The SMILES string of the molecule is CSc1cccc(NC(=O)COC(=O)c2ccccc2OS(=O)(=O)c2cc(C)ccc2C)c1. The van der Waals surface area contributed by atoms with Gasteiger partial charge in [-0.3, -0.25) is 4.79 Å². The van der Waals surface area contributed by atoms with Crippen LogP contribution in [0.5, 0.6) is 5.75 Å². The third kappa shape index (κ3) is 6.36. The van der Waals surface area contributed by atoms with E-state index in [2.05, 4.69) is 5.32 Å². The Balaban J connectivity index is 1.71. The number of thioether (sulfide) groups is 1. The van der Waals surface area contributed by atoms with Gasteiger partial charge >= 0.3 is 16.1 Å². The zero-order valence-corrected chi connectivity index (χ0v) is 20.0. The third-order valence-electron chi connectivity index (χ3n) is 4.61. The Labute approximate surface area is 197 Å². The van der Waals surface area contributed by atoms with E-state index in [4.69, 9.17) is 8.92 Å². The molecule has 7 nitrogen and oxygen atoms in total. The molecule has 0 aromatic heterocycles. The molecule has 0 fully saturated rings. The summed E-state index contributed by atoms with van der Waals surface area (Å²) in [6, 6.07) is 18.0. The van der Waals surface area contributed by atoms with Crippen molar-refractivity contribution in [1.29, 1.82) is 0 Å². The zero-order valence-electron chi connectivity index (χ0n) is 18.3. The van der Waals surface area contributed by atoms with E-state index in [0.717, 1.165) is 10.5 Å². The van der Waals surface area contributed by atoms with Crippen LogP contribution >= 0.6 is 11.8 Å². The maximum atomic E-state index is 12.8. The number of amides is 1. The summed E-state index contributed by atoms with van der Waals surface area (Å²) in [6.07, 6.45) is 1.92. The van der Waals surface area contributed by atoms with Crippen LogP contribution in [-0.2, 0) is 19.6 Å². The summed E-state index contributed by atoms with van der Waals surface area (Å²) >= 11 is 1.53. The molecule has 0 saturated heterocycles. The minimum atomic E-state index is -4.19. The number of hydrogen-bond acceptors (Lipinski definition) is 7. The highest BCUT2D eigenvalue weighted by Crippen LogP contribution is 2.26. The number of benzene rings is 3. The minimum absolute atomic E-state index is 0.0116. The highest BCUT2D eigenvalue weighted by atomic mass is 32.2. The molecule has 0 heterocycles. The predicted octanol–water partition coefficient (Wildman–Crippen LogP) is 4.59. The van der Waals surface area contributed by atoms with Crippen molar-refractivity contribution in [2.45, 2.75) is 23.6 Å². The molecule has 0 aliphatic carbocycles. The van der Waals surface area contributed by atoms with E-state index in [1.165, 1.54) is 36.0 Å². The first kappa shape index (κ1) is 24.3. The maximum Gasteiger partial charge on any atom is 0.342 e. The molecule has 0 bridgehead atoms. The first-order valence-electron chi connectivity index (χ1n) is 9.91. The molecule has 0 atom stereocenters. The molecule has 3 aromatic rings. The van der Waals surface area contributed by atoms with Gasteiger partial charge in [0.2, 0.25) is 0 Å². The van der Waals surface area contributed by atoms with Crippen LogP contribution in [0.2, 0.25) is 0 Å². The van der Waals surface area contributed by atoms with Gasteiger partial charge in [-0.2, -0.15) is 8.42 Å². The Morgan fingerprint density at radius 2 is 1.73 bits per heavy atom. The quantitative estimate of drug-likeness (QED) is 0.283. The molecule has 1 amide bonds. The first-order valence-corrected chi connectivity index (χ1v) is 12.5. The normalized spacial score (nSPS) is 11.0. The smallest absolute Gasteiger partial charge is 0.342 e. The number of anilines is 1. The zero-order chi connectivity index (χ0) is 24.0. The first-order chi connectivity index (χ1) is 15.7. The van der Waals surface area contributed by atoms with Crippen LogP contribution in [0.4, 0.5) is 5.69 Å². The predicted molar refractivity (Wildman–Crippen MR) is 127 cm³/mol. The highest BCUT2D eigenvalue weighted by molar-refractivity contribution is 7.98. The molecule has 172 valence electrons. The van der Waals surface area contributed by atoms with E-state index in [1.807, 2.05) is 12.3 Å². The Morgan fingerprint density at radius 3 is 2.48 bits per heavy atom. The molecule has 0 spiro atoms. The fraction of sp³-hybridized carbons (Fsp3) is 0.167. The second-order valence-corrected chi connectivity index (χ2v) is 9.55. The number of rotatable bonds is 8. The topological polar surface area (TPSA) is 98.8 Å². The number of nitrogens with one attached hydrogen (secondary N) is 1. The molecule has 0 radical (unpaired) electrons. The molecule has 9 heteroatoms. The van der Waals surface area contributed by atoms with Gasteiger partial charge in [-0.05, 0) is 67.6 Å². The van der Waals surface area contributed by atoms with Crippen molar-refractivity contribution in [2.75, 3.05) is 18.2 Å². The molecule has 0 unspecified atom stereocenters. The number of carbonyl (C=O) groups is 2. The van der Waals surface area contributed by atoms with Crippen LogP contribution < -0.4 is 9.50 Å². The van der Waals surface area contributed by atoms with Crippen LogP contribution in [0.1, 0.15) is 21.5 Å². The summed E-state index contributed by atoms with van der Waals surface area (Å²) in [4.78, 5) is 25.8. The molecule has 3 aromatic carbocycles. The average Bonchev–Trinajstić information content (AvgIpc) is 2.79. The fourth-order valence-corrected chi connectivity index (χ4v) is 4.68. The number of para-hydroxylation sites is 1. The summed E-state index contributed by atoms with van der Waals surface area (Å²) in [6.45, 7) is 2.88. The van der Waals surface area contributed by atoms with Crippen LogP contribution in [0, 0.1) is 13.8 Å². The average molecular weight is 486 g/mol. The highest BCUT2D eigenvalue weighted by Gasteiger charge is 2.23. The van der Waals surface area contributed by atoms with Gasteiger partial charge in [-0.1, -0.05) is 30.3 Å². The Bertz CT molecular complexity index is 1290. The van der Waals surface area contributed by atoms with Gasteiger partial charge in [-0.15, -0.1) is 11.8 Å². The monoisotopic (exact) mass is 485 g/mol. The van der Waals surface area contributed by atoms with Gasteiger partial charge < -0.3 is 14.2 Å². The number of hydrogen-bond donors (Lipinski definition) is 1. The lowest BCUT2D eigenvalue weighted by molar-refractivity contribution is -0.119. The lowest BCUT2D eigenvalue weighted by atomic mass is 10.2. The lowest BCUT2D eigenvalue weighted by Crippen LogP contribution is -2.21. The largest absolute Gasteiger partial charge is 0.452 e. The van der Waals surface area contributed by atoms with E-state index in [1.54, 1.807) is 50.2 Å². The van der Waals surface area contributed by atoms with Gasteiger partial charge in [0.15, 0.2) is 12.4 Å². The summed E-state index contributed by atoms with van der Waals surface area (Å²) in [7, 11) is -4.19. The van der Waals surface area contributed by atoms with Crippen LogP contribution in [0.15, 0.2) is 76.5 Å². The number of esters is 1. The summed E-state index contributed by atoms with van der Waals surface area (Å²) in [5.74, 6) is -1.59. The van der Waals surface area contributed by atoms with Gasteiger partial charge in [-0.25, -0.2) is 4.79 Å². The van der Waals surface area contributed by atoms with Crippen LogP contribution in [0.3, 0.4) is 0 Å². The van der Waals surface area contributed by atoms with E-state index in [9.17, 15) is 18.0 Å². The number of ether oxygens (including phenoxy) is 1. The summed E-state index contributed by atoms with van der Waals surface area (Å²) < 4.78 is 36.0. The Hall–Kier alpha value is -3.30. The Kier molecular flexibility index (Phi) is 7.78. The van der Waals surface area contributed by atoms with E-state index < -0.39 is 28.6 Å². The molecule has 0 saturated carbocycles. The molecular weight excluding hydrogens is 462 g/mol. The van der Waals surface area contributed by atoms with Crippen molar-refractivity contribution in [1.82, 2.24) is 0 Å². The lowest BCUT2D eigenvalue weighted by Gasteiger charge is -2.13. The summed E-state index contributed by atoms with van der Waals surface area (Å²) in [5, 5.41) is 2.65. The second-order valence-electron chi connectivity index (χ2n) is 7.16. The molecule has 0 aliphatic rings. The molecule has 3 rings (SSSR count). The maximum absolute atomic E-state index is 12.8. The van der Waals surface area contributed by atoms with Crippen molar-refractivity contribution in [2.24, 2.45) is 0 Å². The van der Waals surface area contributed by atoms with Crippen molar-refractivity contribution >= 4 is 39.4 Å². The van der Waals surface area contributed by atoms with Crippen molar-refractivity contribution in [3.63, 3.8) is 0 Å². The van der Waals surface area contributed by atoms with Crippen molar-refractivity contribution in [3.05, 3.63) is 83.4 Å². The van der Waals surface area contributed by atoms with Crippen molar-refractivity contribution < 1.29 is 26.9 Å². The third-order valence-corrected chi connectivity index (χ3v) is 6.71.